The zero-order valence-corrected chi connectivity index (χ0v) is 14.2. The van der Waals surface area contributed by atoms with Crippen molar-refractivity contribution in [2.75, 3.05) is 13.1 Å². The Bertz CT molecular complexity index is 900. The van der Waals surface area contributed by atoms with Crippen LogP contribution in [0.3, 0.4) is 0 Å². The number of amides is 1. The molecule has 24 heavy (non-hydrogen) atoms. The molecule has 0 N–H and O–H groups in total. The third-order valence-electron chi connectivity index (χ3n) is 4.21. The first-order valence-electron chi connectivity index (χ1n) is 7.98. The smallest absolute Gasteiger partial charge is 0.253 e. The first kappa shape index (κ1) is 15.1. The fourth-order valence-electron chi connectivity index (χ4n) is 2.97. The summed E-state index contributed by atoms with van der Waals surface area (Å²) in [6.45, 7) is 3.69. The molecule has 0 spiro atoms. The largest absolute Gasteiger partial charge is 0.438 e. The molecular formula is C18H17N3O2S. The summed E-state index contributed by atoms with van der Waals surface area (Å²) < 4.78 is 5.97. The van der Waals surface area contributed by atoms with Crippen LogP contribution in [0, 0.1) is 6.92 Å². The van der Waals surface area contributed by atoms with Crippen LogP contribution < -0.4 is 4.74 Å². The van der Waals surface area contributed by atoms with Crippen molar-refractivity contribution in [1.82, 2.24) is 14.9 Å². The molecule has 3 heterocycles. The Labute approximate surface area is 143 Å². The molecule has 5 nitrogen and oxygen atoms in total. The van der Waals surface area contributed by atoms with Crippen molar-refractivity contribution in [3.05, 3.63) is 47.1 Å². The molecule has 0 atom stereocenters. The molecule has 1 amide bonds. The predicted octanol–water partition coefficient (Wildman–Crippen LogP) is 4.03. The Hall–Kier alpha value is -2.47. The minimum Gasteiger partial charge on any atom is -0.438 e. The van der Waals surface area contributed by atoms with Crippen LogP contribution in [0.1, 0.15) is 28.8 Å². The van der Waals surface area contributed by atoms with Crippen LogP contribution in [0.5, 0.6) is 11.6 Å². The van der Waals surface area contributed by atoms with Crippen molar-refractivity contribution >= 4 is 27.5 Å². The van der Waals surface area contributed by atoms with E-state index >= 15 is 0 Å². The average Bonchev–Trinajstić information content (AvgIpc) is 3.25. The number of carbonyl (C=O) groups is 1. The van der Waals surface area contributed by atoms with Crippen LogP contribution in [-0.4, -0.2) is 33.9 Å². The van der Waals surface area contributed by atoms with Crippen LogP contribution >= 0.6 is 11.3 Å². The summed E-state index contributed by atoms with van der Waals surface area (Å²) in [6.07, 6.45) is 3.67. The molecule has 0 bridgehead atoms. The molecule has 3 aromatic rings. The molecule has 0 aliphatic carbocycles. The lowest BCUT2D eigenvalue weighted by molar-refractivity contribution is 0.0792. The van der Waals surface area contributed by atoms with Gasteiger partial charge in [-0.05, 0) is 48.9 Å². The van der Waals surface area contributed by atoms with E-state index in [1.54, 1.807) is 17.4 Å². The lowest BCUT2D eigenvalue weighted by Gasteiger charge is -2.15. The SMILES string of the molecule is Cc1csc2ncnc(Oc3cccc(C(=O)N4CCCC4)c3)c12. The van der Waals surface area contributed by atoms with E-state index in [9.17, 15) is 4.79 Å². The highest BCUT2D eigenvalue weighted by molar-refractivity contribution is 7.17. The number of ether oxygens (including phenoxy) is 1. The lowest BCUT2D eigenvalue weighted by atomic mass is 10.2. The maximum Gasteiger partial charge on any atom is 0.253 e. The average molecular weight is 339 g/mol. The number of thiophene rings is 1. The second-order valence-corrected chi connectivity index (χ2v) is 6.76. The van der Waals surface area contributed by atoms with Crippen molar-refractivity contribution in [3.63, 3.8) is 0 Å². The molecule has 1 saturated heterocycles. The van der Waals surface area contributed by atoms with E-state index in [-0.39, 0.29) is 5.91 Å². The number of rotatable bonds is 3. The molecular weight excluding hydrogens is 322 g/mol. The normalized spacial score (nSPS) is 14.3. The van der Waals surface area contributed by atoms with Crippen molar-refractivity contribution in [3.8, 4) is 11.6 Å². The highest BCUT2D eigenvalue weighted by atomic mass is 32.1. The molecule has 4 rings (SSSR count). The van der Waals surface area contributed by atoms with Crippen LogP contribution in [-0.2, 0) is 0 Å². The summed E-state index contributed by atoms with van der Waals surface area (Å²) in [5.74, 6) is 1.22. The van der Waals surface area contributed by atoms with Crippen molar-refractivity contribution in [2.24, 2.45) is 0 Å². The zero-order valence-electron chi connectivity index (χ0n) is 13.4. The van der Waals surface area contributed by atoms with Gasteiger partial charge in [-0.25, -0.2) is 9.97 Å². The summed E-state index contributed by atoms with van der Waals surface area (Å²) in [4.78, 5) is 23.9. The maximum absolute atomic E-state index is 12.5. The number of carbonyl (C=O) groups excluding carboxylic acids is 1. The van der Waals surface area contributed by atoms with E-state index in [0.29, 0.717) is 17.2 Å². The van der Waals surface area contributed by atoms with Gasteiger partial charge in [0, 0.05) is 18.7 Å². The molecule has 2 aromatic heterocycles. The Morgan fingerprint density at radius 3 is 2.92 bits per heavy atom. The Kier molecular flexibility index (Phi) is 3.90. The van der Waals surface area contributed by atoms with Crippen LogP contribution in [0.25, 0.3) is 10.2 Å². The number of fused-ring (bicyclic) bond motifs is 1. The predicted molar refractivity (Wildman–Crippen MR) is 93.8 cm³/mol. The molecule has 0 radical (unpaired) electrons. The quantitative estimate of drug-likeness (QED) is 0.723. The first-order chi connectivity index (χ1) is 11.7. The van der Waals surface area contributed by atoms with Gasteiger partial charge in [-0.3, -0.25) is 4.79 Å². The molecule has 0 saturated carbocycles. The van der Waals surface area contributed by atoms with Crippen molar-refractivity contribution in [2.45, 2.75) is 19.8 Å². The third kappa shape index (κ3) is 2.73. The Morgan fingerprint density at radius 2 is 2.08 bits per heavy atom. The van der Waals surface area contributed by atoms with Gasteiger partial charge in [-0.2, -0.15) is 0 Å². The lowest BCUT2D eigenvalue weighted by Crippen LogP contribution is -2.27. The summed E-state index contributed by atoms with van der Waals surface area (Å²) in [6, 6.07) is 7.31. The van der Waals surface area contributed by atoms with Crippen molar-refractivity contribution < 1.29 is 9.53 Å². The van der Waals surface area contributed by atoms with Gasteiger partial charge in [0.05, 0.1) is 5.39 Å². The monoisotopic (exact) mass is 339 g/mol. The van der Waals surface area contributed by atoms with Crippen molar-refractivity contribution in [1.29, 1.82) is 0 Å². The first-order valence-corrected chi connectivity index (χ1v) is 8.86. The Morgan fingerprint density at radius 1 is 1.25 bits per heavy atom. The van der Waals surface area contributed by atoms with Crippen LogP contribution in [0.4, 0.5) is 0 Å². The summed E-state index contributed by atoms with van der Waals surface area (Å²) in [5.41, 5.74) is 1.75. The van der Waals surface area contributed by atoms with Gasteiger partial charge in [0.1, 0.15) is 16.9 Å². The van der Waals surface area contributed by atoms with Gasteiger partial charge in [-0.1, -0.05) is 6.07 Å². The van der Waals surface area contributed by atoms with Crippen LogP contribution in [0.2, 0.25) is 0 Å². The molecule has 1 fully saturated rings. The topological polar surface area (TPSA) is 55.3 Å². The second kappa shape index (κ2) is 6.20. The number of aryl methyl sites for hydroxylation is 1. The maximum atomic E-state index is 12.5. The van der Waals surface area contributed by atoms with E-state index in [0.717, 1.165) is 41.7 Å². The Balaban J connectivity index is 1.64. The number of aromatic nitrogens is 2. The highest BCUT2D eigenvalue weighted by Gasteiger charge is 2.20. The van der Waals surface area contributed by atoms with Gasteiger partial charge in [0.2, 0.25) is 5.88 Å². The number of likely N-dealkylation sites (tertiary alicyclic amines) is 1. The highest BCUT2D eigenvalue weighted by Crippen LogP contribution is 2.33. The number of hydrogen-bond acceptors (Lipinski definition) is 5. The zero-order chi connectivity index (χ0) is 16.5. The molecule has 0 unspecified atom stereocenters. The van der Waals surface area contributed by atoms with Gasteiger partial charge in [0.25, 0.3) is 5.91 Å². The second-order valence-electron chi connectivity index (χ2n) is 5.91. The van der Waals surface area contributed by atoms with Gasteiger partial charge in [0.15, 0.2) is 0 Å². The van der Waals surface area contributed by atoms with Crippen LogP contribution in [0.15, 0.2) is 36.0 Å². The summed E-state index contributed by atoms with van der Waals surface area (Å²) in [5, 5.41) is 2.97. The molecule has 122 valence electrons. The third-order valence-corrected chi connectivity index (χ3v) is 5.21. The molecule has 1 aromatic carbocycles. The van der Waals surface area contributed by atoms with Gasteiger partial charge < -0.3 is 9.64 Å². The number of hydrogen-bond donors (Lipinski definition) is 0. The standard InChI is InChI=1S/C18H17N3O2S/c1-12-10-24-17-15(12)16(19-11-20-17)23-14-6-4-5-13(9-14)18(22)21-7-2-3-8-21/h4-6,9-11H,2-3,7-8H2,1H3. The minimum atomic E-state index is 0.0671. The molecule has 6 heteroatoms. The summed E-state index contributed by atoms with van der Waals surface area (Å²) in [7, 11) is 0. The van der Waals surface area contributed by atoms with E-state index in [1.165, 1.54) is 6.33 Å². The fraction of sp³-hybridized carbons (Fsp3) is 0.278. The number of benzene rings is 1. The summed E-state index contributed by atoms with van der Waals surface area (Å²) >= 11 is 1.57. The molecule has 1 aliphatic heterocycles. The fourth-order valence-corrected chi connectivity index (χ4v) is 3.85. The van der Waals surface area contributed by atoms with E-state index in [1.807, 2.05) is 35.4 Å². The minimum absolute atomic E-state index is 0.0671. The molecule has 1 aliphatic rings. The van der Waals surface area contributed by atoms with E-state index < -0.39 is 0 Å². The van der Waals surface area contributed by atoms with E-state index in [4.69, 9.17) is 4.74 Å². The van der Waals surface area contributed by atoms with Gasteiger partial charge in [-0.15, -0.1) is 11.3 Å². The van der Waals surface area contributed by atoms with E-state index in [2.05, 4.69) is 9.97 Å². The van der Waals surface area contributed by atoms with Gasteiger partial charge >= 0.3 is 0 Å². The number of nitrogens with zero attached hydrogens (tertiary/aromatic N) is 3.